The van der Waals surface area contributed by atoms with Gasteiger partial charge in [-0.05, 0) is 54.8 Å². The Bertz CT molecular complexity index is 1690. The summed E-state index contributed by atoms with van der Waals surface area (Å²) in [6, 6.07) is 14.6. The van der Waals surface area contributed by atoms with Crippen LogP contribution < -0.4 is 5.56 Å². The number of aliphatic hydroxyl groups excluding tert-OH is 1. The predicted molar refractivity (Wildman–Crippen MR) is 148 cm³/mol. The van der Waals surface area contributed by atoms with Gasteiger partial charge in [0, 0.05) is 41.0 Å². The molecule has 0 bridgehead atoms. The van der Waals surface area contributed by atoms with Crippen LogP contribution in [-0.4, -0.2) is 57.4 Å². The van der Waals surface area contributed by atoms with Crippen molar-refractivity contribution in [3.05, 3.63) is 107 Å². The average Bonchev–Trinajstić information content (AvgIpc) is 3.00. The summed E-state index contributed by atoms with van der Waals surface area (Å²) in [6.45, 7) is -0.0676. The number of aromatic nitrogens is 4. The first kappa shape index (κ1) is 24.7. The molecule has 2 unspecified atom stereocenters. The maximum Gasteiger partial charge on any atom is 0.280 e. The molecule has 1 aliphatic carbocycles. The molecular weight excluding hydrogens is 494 g/mol. The topological polar surface area (TPSA) is 112 Å². The van der Waals surface area contributed by atoms with Crippen molar-refractivity contribution in [1.29, 1.82) is 0 Å². The number of nitrogens with zero attached hydrogens (tertiary/aromatic N) is 5. The van der Waals surface area contributed by atoms with Crippen LogP contribution in [0.15, 0.2) is 101 Å². The Morgan fingerprint density at radius 1 is 0.974 bits per heavy atom. The summed E-state index contributed by atoms with van der Waals surface area (Å²) in [5.74, 6) is 1.65. The highest BCUT2D eigenvalue weighted by atomic mass is 16.5. The monoisotopic (exact) mass is 521 g/mol. The number of aliphatic imine (C=N–C) groups is 1. The average molecular weight is 522 g/mol. The van der Waals surface area contributed by atoms with Crippen LogP contribution in [0.5, 0.6) is 0 Å². The van der Waals surface area contributed by atoms with Crippen LogP contribution in [-0.2, 0) is 9.47 Å². The van der Waals surface area contributed by atoms with Crippen LogP contribution in [0.1, 0.15) is 12.0 Å². The maximum absolute atomic E-state index is 13.6. The smallest absolute Gasteiger partial charge is 0.280 e. The van der Waals surface area contributed by atoms with Crippen LogP contribution in [0.3, 0.4) is 0 Å². The standard InChI is InChI=1S/C30H27N5O4/c1-38-25-13-20-12-21(17-36)33-28(24(20)15-26(25)39-2)18-9-11-32-27(14-18)35-30(37)23-8-4-3-7-22(23)29(34-35)19-6-5-10-31-16-19/h3-11,13-16,20-21,24,36H,12,17H2,1-2H3/t20?,21-,24?/m0/s1. The second-order valence-corrected chi connectivity index (χ2v) is 9.50. The number of fused-ring (bicyclic) bond motifs is 2. The first-order valence-electron chi connectivity index (χ1n) is 12.7. The first-order valence-corrected chi connectivity index (χ1v) is 12.7. The number of ether oxygens (including phenoxy) is 2. The molecule has 39 heavy (non-hydrogen) atoms. The van der Waals surface area contributed by atoms with Crippen molar-refractivity contribution in [2.45, 2.75) is 12.5 Å². The molecule has 0 spiro atoms. The molecule has 1 aliphatic heterocycles. The zero-order chi connectivity index (χ0) is 26.9. The molecule has 9 nitrogen and oxygen atoms in total. The Morgan fingerprint density at radius 3 is 2.51 bits per heavy atom. The summed E-state index contributed by atoms with van der Waals surface area (Å²) in [5.41, 5.74) is 2.74. The highest BCUT2D eigenvalue weighted by molar-refractivity contribution is 6.04. The molecule has 3 aromatic heterocycles. The third kappa shape index (κ3) is 4.40. The van der Waals surface area contributed by atoms with E-state index in [1.165, 1.54) is 4.68 Å². The van der Waals surface area contributed by atoms with Gasteiger partial charge in [0.25, 0.3) is 5.56 Å². The Kier molecular flexibility index (Phi) is 6.50. The van der Waals surface area contributed by atoms with Gasteiger partial charge >= 0.3 is 0 Å². The molecule has 4 heterocycles. The minimum absolute atomic E-state index is 0.0676. The molecule has 0 saturated carbocycles. The summed E-state index contributed by atoms with van der Waals surface area (Å²) >= 11 is 0. The number of allylic oxidation sites excluding steroid dienone is 2. The Hall–Kier alpha value is -4.63. The van der Waals surface area contributed by atoms with Crippen LogP contribution in [0, 0.1) is 11.8 Å². The molecule has 6 rings (SSSR count). The highest BCUT2D eigenvalue weighted by Gasteiger charge is 2.36. The second-order valence-electron chi connectivity index (χ2n) is 9.50. The number of methoxy groups -OCH3 is 2. The fourth-order valence-corrected chi connectivity index (χ4v) is 5.37. The lowest BCUT2D eigenvalue weighted by molar-refractivity contribution is 0.201. The molecule has 1 aromatic carbocycles. The fourth-order valence-electron chi connectivity index (χ4n) is 5.37. The van der Waals surface area contributed by atoms with E-state index in [4.69, 9.17) is 19.6 Å². The van der Waals surface area contributed by atoms with E-state index in [1.54, 1.807) is 38.9 Å². The van der Waals surface area contributed by atoms with Gasteiger partial charge in [0.05, 0.1) is 38.0 Å². The SMILES string of the molecule is COC1=CC2C[C@@H](CO)N=C(c3ccnc(-n4nc(-c5cccnc5)c5ccccc5c4=O)c3)C2C=C1OC. The molecule has 196 valence electrons. The van der Waals surface area contributed by atoms with E-state index >= 15 is 0 Å². The van der Waals surface area contributed by atoms with Crippen molar-refractivity contribution < 1.29 is 14.6 Å². The van der Waals surface area contributed by atoms with Crippen LogP contribution in [0.4, 0.5) is 0 Å². The van der Waals surface area contributed by atoms with Crippen molar-refractivity contribution in [2.24, 2.45) is 16.8 Å². The molecular formula is C30H27N5O4. The Balaban J connectivity index is 1.50. The number of aliphatic hydroxyl groups is 1. The Labute approximate surface area is 224 Å². The number of rotatable bonds is 6. The van der Waals surface area contributed by atoms with Gasteiger partial charge in [-0.1, -0.05) is 18.2 Å². The normalized spacial score (nSPS) is 20.5. The van der Waals surface area contributed by atoms with E-state index in [0.717, 1.165) is 22.2 Å². The van der Waals surface area contributed by atoms with E-state index in [-0.39, 0.29) is 30.0 Å². The molecule has 0 amide bonds. The number of hydrogen-bond acceptors (Lipinski definition) is 8. The molecule has 1 N–H and O–H groups in total. The second kappa shape index (κ2) is 10.3. The molecule has 0 saturated heterocycles. The summed E-state index contributed by atoms with van der Waals surface area (Å²) < 4.78 is 12.4. The minimum atomic E-state index is -0.272. The van der Waals surface area contributed by atoms with Crippen molar-refractivity contribution in [2.75, 3.05) is 20.8 Å². The van der Waals surface area contributed by atoms with E-state index in [2.05, 4.69) is 9.97 Å². The van der Waals surface area contributed by atoms with Crippen LogP contribution >= 0.6 is 0 Å². The first-order chi connectivity index (χ1) is 19.1. The van der Waals surface area contributed by atoms with Crippen LogP contribution in [0.2, 0.25) is 0 Å². The van der Waals surface area contributed by atoms with Crippen molar-refractivity contribution >= 4 is 16.5 Å². The number of benzene rings is 1. The molecule has 0 fully saturated rings. The van der Waals surface area contributed by atoms with Crippen LogP contribution in [0.25, 0.3) is 27.8 Å². The Morgan fingerprint density at radius 2 is 1.77 bits per heavy atom. The van der Waals surface area contributed by atoms with Gasteiger partial charge in [0.1, 0.15) is 5.69 Å². The van der Waals surface area contributed by atoms with Crippen molar-refractivity contribution in [3.63, 3.8) is 0 Å². The zero-order valence-electron chi connectivity index (χ0n) is 21.6. The molecule has 9 heteroatoms. The van der Waals surface area contributed by atoms with Gasteiger partial charge in [-0.15, -0.1) is 0 Å². The molecule has 3 atom stereocenters. The van der Waals surface area contributed by atoms with Gasteiger partial charge in [-0.25, -0.2) is 4.98 Å². The van der Waals surface area contributed by atoms with E-state index in [9.17, 15) is 9.90 Å². The van der Waals surface area contributed by atoms with E-state index in [0.29, 0.717) is 34.8 Å². The molecule has 2 aliphatic rings. The van der Waals surface area contributed by atoms with Gasteiger partial charge < -0.3 is 14.6 Å². The van der Waals surface area contributed by atoms with Crippen molar-refractivity contribution in [3.8, 4) is 17.1 Å². The lowest BCUT2D eigenvalue weighted by Gasteiger charge is -2.35. The van der Waals surface area contributed by atoms with Crippen molar-refractivity contribution in [1.82, 2.24) is 19.7 Å². The third-order valence-electron chi connectivity index (χ3n) is 7.23. The summed E-state index contributed by atoms with van der Waals surface area (Å²) in [6.07, 6.45) is 9.81. The van der Waals surface area contributed by atoms with Gasteiger partial charge in [0.15, 0.2) is 17.3 Å². The third-order valence-corrected chi connectivity index (χ3v) is 7.23. The molecule has 0 radical (unpaired) electrons. The number of hydrogen-bond donors (Lipinski definition) is 1. The maximum atomic E-state index is 13.6. The largest absolute Gasteiger partial charge is 0.493 e. The predicted octanol–water partition coefficient (Wildman–Crippen LogP) is 3.70. The van der Waals surface area contributed by atoms with Gasteiger partial charge in [-0.2, -0.15) is 9.78 Å². The minimum Gasteiger partial charge on any atom is -0.493 e. The zero-order valence-corrected chi connectivity index (χ0v) is 21.6. The lowest BCUT2D eigenvalue weighted by Crippen LogP contribution is -2.35. The fraction of sp³-hybridized carbons (Fsp3) is 0.233. The summed E-state index contributed by atoms with van der Waals surface area (Å²) in [7, 11) is 3.22. The van der Waals surface area contributed by atoms with Gasteiger partial charge in [-0.3, -0.25) is 14.8 Å². The van der Waals surface area contributed by atoms with E-state index < -0.39 is 0 Å². The number of pyridine rings is 2. The lowest BCUT2D eigenvalue weighted by atomic mass is 9.76. The highest BCUT2D eigenvalue weighted by Crippen LogP contribution is 2.38. The van der Waals surface area contributed by atoms with E-state index in [1.807, 2.05) is 54.6 Å². The summed E-state index contributed by atoms with van der Waals surface area (Å²) in [5, 5.41) is 16.0. The molecule has 4 aromatic rings. The summed E-state index contributed by atoms with van der Waals surface area (Å²) in [4.78, 5) is 27.3. The quantitative estimate of drug-likeness (QED) is 0.412. The van der Waals surface area contributed by atoms with Gasteiger partial charge in [0.2, 0.25) is 0 Å².